The van der Waals surface area contributed by atoms with Gasteiger partial charge in [-0.1, -0.05) is 74.0 Å². The van der Waals surface area contributed by atoms with Crippen molar-refractivity contribution in [2.45, 2.75) is 36.5 Å². The van der Waals surface area contributed by atoms with Crippen molar-refractivity contribution < 1.29 is 13.2 Å². The van der Waals surface area contributed by atoms with Gasteiger partial charge in [0.25, 0.3) is 0 Å². The van der Waals surface area contributed by atoms with Gasteiger partial charge >= 0.3 is 0 Å². The van der Waals surface area contributed by atoms with Crippen molar-refractivity contribution >= 4 is 43.3 Å². The van der Waals surface area contributed by atoms with Gasteiger partial charge in [-0.2, -0.15) is 0 Å². The summed E-state index contributed by atoms with van der Waals surface area (Å²) in [5, 5.41) is 3.51. The largest absolute Gasteiger partial charge is 0.396 e. The minimum absolute atomic E-state index is 0.0410. The highest BCUT2D eigenvalue weighted by molar-refractivity contribution is 7.92. The Morgan fingerprint density at radius 1 is 0.912 bits per heavy atom. The van der Waals surface area contributed by atoms with Crippen molar-refractivity contribution in [3.63, 3.8) is 0 Å². The van der Waals surface area contributed by atoms with E-state index in [0.29, 0.717) is 22.2 Å². The van der Waals surface area contributed by atoms with Gasteiger partial charge in [-0.15, -0.1) is 11.3 Å². The summed E-state index contributed by atoms with van der Waals surface area (Å²) in [6.07, 6.45) is 0. The zero-order valence-electron chi connectivity index (χ0n) is 19.2. The number of rotatable bonds is 7. The lowest BCUT2D eigenvalue weighted by atomic mass is 10.0. The number of hydrogen-bond acceptors (Lipinski definition) is 6. The number of anilines is 3. The number of benzene rings is 3. The molecule has 3 aromatic carbocycles. The number of ketones is 1. The monoisotopic (exact) mass is 490 g/mol. The molecule has 174 valence electrons. The maximum Gasteiger partial charge on any atom is 0.211 e. The van der Waals surface area contributed by atoms with Gasteiger partial charge in [0.05, 0.1) is 10.6 Å². The van der Waals surface area contributed by atoms with Crippen molar-refractivity contribution in [1.29, 1.82) is 0 Å². The molecule has 0 saturated heterocycles. The second kappa shape index (κ2) is 9.44. The van der Waals surface area contributed by atoms with Crippen LogP contribution in [0.1, 0.15) is 46.1 Å². The molecule has 4 aromatic rings. The number of aryl methyl sites for hydroxylation is 1. The van der Waals surface area contributed by atoms with Crippen LogP contribution in [0.25, 0.3) is 0 Å². The first-order chi connectivity index (χ1) is 16.2. The maximum atomic E-state index is 13.6. The fourth-order valence-electron chi connectivity index (χ4n) is 3.58. The van der Waals surface area contributed by atoms with Crippen LogP contribution in [0.15, 0.2) is 88.7 Å². The Kier molecular flexibility index (Phi) is 6.59. The molecule has 0 fully saturated rings. The first kappa shape index (κ1) is 23.7. The highest BCUT2D eigenvalue weighted by Gasteiger charge is 2.31. The third-order valence-electron chi connectivity index (χ3n) is 5.58. The Bertz CT molecular complexity index is 1420. The molecule has 0 radical (unpaired) electrons. The average molecular weight is 491 g/mol. The molecule has 1 heterocycles. The van der Waals surface area contributed by atoms with Crippen LogP contribution in [0.4, 0.5) is 16.4 Å². The van der Waals surface area contributed by atoms with E-state index < -0.39 is 9.84 Å². The molecule has 0 aliphatic rings. The van der Waals surface area contributed by atoms with Crippen LogP contribution in [-0.2, 0) is 9.84 Å². The van der Waals surface area contributed by atoms with Gasteiger partial charge in [-0.25, -0.2) is 8.42 Å². The van der Waals surface area contributed by atoms with Crippen LogP contribution in [0.2, 0.25) is 0 Å². The number of nitrogen functional groups attached to an aromatic ring is 1. The zero-order valence-corrected chi connectivity index (χ0v) is 20.8. The van der Waals surface area contributed by atoms with Crippen molar-refractivity contribution in [3.8, 4) is 0 Å². The highest BCUT2D eigenvalue weighted by atomic mass is 32.2. The summed E-state index contributed by atoms with van der Waals surface area (Å²) in [6.45, 7) is 6.15. The fourth-order valence-corrected chi connectivity index (χ4v) is 6.54. The molecule has 0 aliphatic heterocycles. The van der Waals surface area contributed by atoms with E-state index >= 15 is 0 Å². The molecule has 0 unspecified atom stereocenters. The van der Waals surface area contributed by atoms with Gasteiger partial charge in [0, 0.05) is 11.3 Å². The molecular formula is C27H26N2O3S2. The maximum absolute atomic E-state index is 13.6. The number of sulfone groups is 1. The van der Waals surface area contributed by atoms with E-state index in [9.17, 15) is 13.2 Å². The van der Waals surface area contributed by atoms with Crippen LogP contribution >= 0.6 is 11.3 Å². The molecule has 34 heavy (non-hydrogen) atoms. The van der Waals surface area contributed by atoms with Crippen LogP contribution in [0, 0.1) is 6.92 Å². The quantitative estimate of drug-likeness (QED) is 0.286. The third-order valence-corrected chi connectivity index (χ3v) is 8.68. The van der Waals surface area contributed by atoms with Crippen molar-refractivity contribution in [3.05, 3.63) is 100 Å². The van der Waals surface area contributed by atoms with E-state index in [1.165, 1.54) is 17.7 Å². The van der Waals surface area contributed by atoms with E-state index in [1.54, 1.807) is 30.3 Å². The number of carbonyl (C=O) groups is 1. The zero-order chi connectivity index (χ0) is 24.5. The summed E-state index contributed by atoms with van der Waals surface area (Å²) in [7, 11) is -3.97. The van der Waals surface area contributed by atoms with Crippen molar-refractivity contribution in [2.24, 2.45) is 0 Å². The molecule has 0 saturated carbocycles. The van der Waals surface area contributed by atoms with Gasteiger partial charge in [0.1, 0.15) is 14.8 Å². The SMILES string of the molecule is Cc1ccc(C(=O)c2sc(Nc3ccc(C(C)C)cc3)c(S(=O)(=O)c3ccccc3)c2N)cc1. The highest BCUT2D eigenvalue weighted by Crippen LogP contribution is 2.44. The number of nitrogens with one attached hydrogen (secondary N) is 1. The second-order valence-corrected chi connectivity index (χ2v) is 11.3. The molecule has 7 heteroatoms. The van der Waals surface area contributed by atoms with Crippen LogP contribution in [0.3, 0.4) is 0 Å². The molecule has 0 aliphatic carbocycles. The smallest absolute Gasteiger partial charge is 0.211 e. The summed E-state index contributed by atoms with van der Waals surface area (Å²) in [5.74, 6) is 0.0643. The van der Waals surface area contributed by atoms with Gasteiger partial charge in [0.2, 0.25) is 15.6 Å². The minimum atomic E-state index is -3.97. The Morgan fingerprint density at radius 2 is 1.53 bits per heavy atom. The molecule has 1 aromatic heterocycles. The van der Waals surface area contributed by atoms with Crippen LogP contribution in [0.5, 0.6) is 0 Å². The fraction of sp³-hybridized carbons (Fsp3) is 0.148. The number of nitrogens with two attached hydrogens (primary N) is 1. The molecule has 0 atom stereocenters. The van der Waals surface area contributed by atoms with Crippen molar-refractivity contribution in [1.82, 2.24) is 0 Å². The van der Waals surface area contributed by atoms with E-state index in [2.05, 4.69) is 19.2 Å². The summed E-state index contributed by atoms with van der Waals surface area (Å²) in [4.78, 5) is 13.5. The molecule has 0 amide bonds. The van der Waals surface area contributed by atoms with E-state index in [1.807, 2.05) is 43.3 Å². The lowest BCUT2D eigenvalue weighted by molar-refractivity contribution is 0.104. The molecule has 4 rings (SSSR count). The molecule has 5 nitrogen and oxygen atoms in total. The summed E-state index contributed by atoms with van der Waals surface area (Å²) in [6, 6.07) is 23.0. The molecule has 0 bridgehead atoms. The first-order valence-electron chi connectivity index (χ1n) is 10.9. The summed E-state index contributed by atoms with van der Waals surface area (Å²) in [5.41, 5.74) is 9.70. The van der Waals surface area contributed by atoms with E-state index in [4.69, 9.17) is 5.73 Å². The second-order valence-electron chi connectivity index (χ2n) is 8.42. The summed E-state index contributed by atoms with van der Waals surface area (Å²) >= 11 is 1.06. The molecule has 0 spiro atoms. The van der Waals surface area contributed by atoms with Gasteiger partial charge in [-0.05, 0) is 42.7 Å². The normalized spacial score (nSPS) is 11.5. The standard InChI is InChI=1S/C27H26N2O3S2/c1-17(2)19-13-15-21(16-14-19)29-27-26(34(31,32)22-7-5-4-6-8-22)23(28)25(33-27)24(30)20-11-9-18(3)10-12-20/h4-17,29H,28H2,1-3H3. The number of carbonyl (C=O) groups excluding carboxylic acids is 1. The topological polar surface area (TPSA) is 89.3 Å². The Hall–Kier alpha value is -3.42. The Labute approximate surface area is 204 Å². The Balaban J connectivity index is 1.84. The molecular weight excluding hydrogens is 464 g/mol. The summed E-state index contributed by atoms with van der Waals surface area (Å²) < 4.78 is 27.2. The third kappa shape index (κ3) is 4.62. The van der Waals surface area contributed by atoms with Crippen LogP contribution in [-0.4, -0.2) is 14.2 Å². The van der Waals surface area contributed by atoms with Gasteiger partial charge in [-0.3, -0.25) is 4.79 Å². The number of thiophene rings is 1. The molecule has 3 N–H and O–H groups in total. The Morgan fingerprint density at radius 3 is 2.12 bits per heavy atom. The van der Waals surface area contributed by atoms with Crippen molar-refractivity contribution in [2.75, 3.05) is 11.1 Å². The van der Waals surface area contributed by atoms with Gasteiger partial charge in [0.15, 0.2) is 0 Å². The van der Waals surface area contributed by atoms with E-state index in [-0.39, 0.29) is 26.1 Å². The average Bonchev–Trinajstić information content (AvgIpc) is 3.16. The first-order valence-corrected chi connectivity index (χ1v) is 13.2. The number of hydrogen-bond donors (Lipinski definition) is 2. The minimum Gasteiger partial charge on any atom is -0.396 e. The lowest BCUT2D eigenvalue weighted by Crippen LogP contribution is -2.08. The van der Waals surface area contributed by atoms with Crippen LogP contribution < -0.4 is 11.1 Å². The predicted octanol–water partition coefficient (Wildman–Crippen LogP) is 6.57. The lowest BCUT2D eigenvalue weighted by Gasteiger charge is -2.11. The van der Waals surface area contributed by atoms with Gasteiger partial charge < -0.3 is 11.1 Å². The predicted molar refractivity (Wildman–Crippen MR) is 139 cm³/mol. The van der Waals surface area contributed by atoms with E-state index in [0.717, 1.165) is 16.9 Å².